The van der Waals surface area contributed by atoms with Gasteiger partial charge in [-0.1, -0.05) is 45.1 Å². The normalized spacial score (nSPS) is 21.8. The van der Waals surface area contributed by atoms with E-state index in [0.29, 0.717) is 24.3 Å². The summed E-state index contributed by atoms with van der Waals surface area (Å²) in [5.74, 6) is 0.817. The van der Waals surface area contributed by atoms with Gasteiger partial charge in [-0.2, -0.15) is 0 Å². The van der Waals surface area contributed by atoms with Gasteiger partial charge >= 0.3 is 0 Å². The van der Waals surface area contributed by atoms with E-state index < -0.39 is 0 Å². The molecule has 1 aliphatic carbocycles. The minimum absolute atomic E-state index is 0.0919. The quantitative estimate of drug-likeness (QED) is 0.545. The number of benzene rings is 2. The Bertz CT molecular complexity index is 894. The van der Waals surface area contributed by atoms with Crippen LogP contribution >= 0.6 is 0 Å². The van der Waals surface area contributed by atoms with Crippen LogP contribution in [0.5, 0.6) is 11.5 Å². The molecule has 2 aromatic carbocycles. The number of amides is 2. The van der Waals surface area contributed by atoms with Crippen LogP contribution < -0.4 is 9.64 Å². The average Bonchev–Trinajstić information content (AvgIpc) is 2.93. The third-order valence-electron chi connectivity index (χ3n) is 5.56. The topological polar surface area (TPSA) is 46.6 Å². The fourth-order valence-corrected chi connectivity index (χ4v) is 3.88. The molecule has 2 amide bonds. The maximum absolute atomic E-state index is 12.7. The predicted molar refractivity (Wildman–Crippen MR) is 110 cm³/mol. The molecule has 144 valence electrons. The fraction of sp³-hybridized carbons (Fsp3) is 0.333. The van der Waals surface area contributed by atoms with Crippen molar-refractivity contribution in [2.75, 3.05) is 4.90 Å². The smallest absolute Gasteiger partial charge is 0.238 e. The van der Waals surface area contributed by atoms with Gasteiger partial charge in [0.05, 0.1) is 17.5 Å². The molecule has 0 spiro atoms. The van der Waals surface area contributed by atoms with E-state index >= 15 is 0 Å². The number of carbonyl (C=O) groups is 2. The number of carbonyl (C=O) groups excluding carboxylic acids is 2. The Morgan fingerprint density at radius 3 is 1.71 bits per heavy atom. The van der Waals surface area contributed by atoms with E-state index in [0.717, 1.165) is 5.75 Å². The van der Waals surface area contributed by atoms with Crippen LogP contribution in [0.15, 0.2) is 60.7 Å². The molecule has 0 N–H and O–H groups in total. The van der Waals surface area contributed by atoms with Gasteiger partial charge in [0.25, 0.3) is 0 Å². The maximum Gasteiger partial charge on any atom is 0.238 e. The van der Waals surface area contributed by atoms with Crippen LogP contribution in [0, 0.1) is 11.8 Å². The minimum atomic E-state index is -0.213. The molecule has 2 atom stereocenters. The molecule has 1 fully saturated rings. The molecule has 1 heterocycles. The number of nitrogens with zero attached hydrogens (tertiary/aromatic N) is 1. The molecule has 4 heteroatoms. The summed E-state index contributed by atoms with van der Waals surface area (Å²) < 4.78 is 5.91. The summed E-state index contributed by atoms with van der Waals surface area (Å²) in [6, 6.07) is 15.2. The molecule has 1 saturated heterocycles. The second-order valence-electron chi connectivity index (χ2n) is 8.54. The largest absolute Gasteiger partial charge is 0.457 e. The Morgan fingerprint density at radius 1 is 0.786 bits per heavy atom. The predicted octanol–water partition coefficient (Wildman–Crippen LogP) is 5.23. The summed E-state index contributed by atoms with van der Waals surface area (Å²) in [6.07, 6.45) is 5.30. The fourth-order valence-electron chi connectivity index (χ4n) is 3.88. The third-order valence-corrected chi connectivity index (χ3v) is 5.56. The van der Waals surface area contributed by atoms with Gasteiger partial charge in [0.2, 0.25) is 11.8 Å². The van der Waals surface area contributed by atoms with Crippen LogP contribution in [0.1, 0.15) is 39.2 Å². The van der Waals surface area contributed by atoms with Gasteiger partial charge in [-0.05, 0) is 60.2 Å². The highest BCUT2D eigenvalue weighted by Crippen LogP contribution is 2.38. The molecular weight excluding hydrogens is 350 g/mol. The van der Waals surface area contributed by atoms with Gasteiger partial charge in [-0.25, -0.2) is 0 Å². The summed E-state index contributed by atoms with van der Waals surface area (Å²) in [5, 5.41) is 0. The SMILES string of the molecule is CC(C)(C)c1ccc(Oc2ccc(N3C(=O)[C@H]4CC=CC[C@@H]4C3=O)cc2)cc1. The van der Waals surface area contributed by atoms with Crippen molar-refractivity contribution in [3.8, 4) is 11.5 Å². The molecule has 2 aromatic rings. The monoisotopic (exact) mass is 375 g/mol. The summed E-state index contributed by atoms with van der Waals surface area (Å²) >= 11 is 0. The lowest BCUT2D eigenvalue weighted by atomic mass is 9.85. The Kier molecular flexibility index (Phi) is 4.58. The molecule has 2 aliphatic rings. The lowest BCUT2D eigenvalue weighted by molar-refractivity contribution is -0.122. The van der Waals surface area contributed by atoms with Crippen molar-refractivity contribution >= 4 is 17.5 Å². The molecule has 0 saturated carbocycles. The second-order valence-corrected chi connectivity index (χ2v) is 8.54. The zero-order chi connectivity index (χ0) is 19.9. The molecule has 1 aliphatic heterocycles. The van der Waals surface area contributed by atoms with Crippen LogP contribution in [-0.4, -0.2) is 11.8 Å². The van der Waals surface area contributed by atoms with Crippen molar-refractivity contribution < 1.29 is 14.3 Å². The van der Waals surface area contributed by atoms with E-state index in [2.05, 4.69) is 32.9 Å². The first-order valence-corrected chi connectivity index (χ1v) is 9.76. The Labute approximate surface area is 165 Å². The average molecular weight is 375 g/mol. The second kappa shape index (κ2) is 6.93. The van der Waals surface area contributed by atoms with Crippen LogP contribution in [0.2, 0.25) is 0 Å². The first-order valence-electron chi connectivity index (χ1n) is 9.76. The molecule has 0 bridgehead atoms. The molecule has 0 unspecified atom stereocenters. The van der Waals surface area contributed by atoms with Crippen LogP contribution in [0.4, 0.5) is 5.69 Å². The molecule has 4 nitrogen and oxygen atoms in total. The van der Waals surface area contributed by atoms with Gasteiger partial charge in [-0.15, -0.1) is 0 Å². The lowest BCUT2D eigenvalue weighted by Gasteiger charge is -2.19. The van der Waals surface area contributed by atoms with Gasteiger partial charge < -0.3 is 4.74 Å². The maximum atomic E-state index is 12.7. The number of fused-ring (bicyclic) bond motifs is 1. The summed E-state index contributed by atoms with van der Waals surface area (Å²) in [6.45, 7) is 6.53. The zero-order valence-electron chi connectivity index (χ0n) is 16.5. The number of allylic oxidation sites excluding steroid dienone is 2. The molecule has 28 heavy (non-hydrogen) atoms. The number of hydrogen-bond acceptors (Lipinski definition) is 3. The Hall–Kier alpha value is -2.88. The van der Waals surface area contributed by atoms with E-state index in [4.69, 9.17) is 4.74 Å². The van der Waals surface area contributed by atoms with E-state index in [9.17, 15) is 9.59 Å². The van der Waals surface area contributed by atoms with Crippen molar-refractivity contribution in [3.05, 3.63) is 66.2 Å². The van der Waals surface area contributed by atoms with Crippen molar-refractivity contribution in [1.82, 2.24) is 0 Å². The zero-order valence-corrected chi connectivity index (χ0v) is 16.5. The lowest BCUT2D eigenvalue weighted by Crippen LogP contribution is -2.30. The Balaban J connectivity index is 1.49. The highest BCUT2D eigenvalue weighted by atomic mass is 16.5. The van der Waals surface area contributed by atoms with Crippen molar-refractivity contribution in [1.29, 1.82) is 0 Å². The third kappa shape index (κ3) is 3.35. The first kappa shape index (κ1) is 18.5. The van der Waals surface area contributed by atoms with E-state index in [1.54, 1.807) is 24.3 Å². The Morgan fingerprint density at radius 2 is 1.25 bits per heavy atom. The number of rotatable bonds is 3. The summed E-state index contributed by atoms with van der Waals surface area (Å²) in [5.41, 5.74) is 1.96. The van der Waals surface area contributed by atoms with E-state index in [1.165, 1.54) is 10.5 Å². The van der Waals surface area contributed by atoms with Gasteiger partial charge in [0.15, 0.2) is 0 Å². The minimum Gasteiger partial charge on any atom is -0.457 e. The standard InChI is InChI=1S/C24H25NO3/c1-24(2,3)16-8-12-18(13-9-16)28-19-14-10-17(11-15-19)25-22(26)20-6-4-5-7-21(20)23(25)27/h4-5,8-15,20-21H,6-7H2,1-3H3/t20-,21-/m0/s1. The summed E-state index contributed by atoms with van der Waals surface area (Å²) in [7, 11) is 0. The molecular formula is C24H25NO3. The van der Waals surface area contributed by atoms with Gasteiger partial charge in [-0.3, -0.25) is 14.5 Å². The summed E-state index contributed by atoms with van der Waals surface area (Å²) in [4.78, 5) is 26.7. The van der Waals surface area contributed by atoms with E-state index in [1.807, 2.05) is 24.3 Å². The van der Waals surface area contributed by atoms with Crippen molar-refractivity contribution in [2.24, 2.45) is 11.8 Å². The van der Waals surface area contributed by atoms with Crippen LogP contribution in [0.25, 0.3) is 0 Å². The first-order chi connectivity index (χ1) is 13.3. The van der Waals surface area contributed by atoms with Crippen LogP contribution in [0.3, 0.4) is 0 Å². The van der Waals surface area contributed by atoms with Crippen molar-refractivity contribution in [3.63, 3.8) is 0 Å². The highest BCUT2D eigenvalue weighted by molar-refractivity contribution is 6.22. The highest BCUT2D eigenvalue weighted by Gasteiger charge is 2.47. The van der Waals surface area contributed by atoms with Crippen molar-refractivity contribution in [2.45, 2.75) is 39.0 Å². The van der Waals surface area contributed by atoms with Crippen LogP contribution in [-0.2, 0) is 15.0 Å². The number of ether oxygens (including phenoxy) is 1. The van der Waals surface area contributed by atoms with Gasteiger partial charge in [0, 0.05) is 0 Å². The number of imide groups is 1. The molecule has 4 rings (SSSR count). The molecule has 0 radical (unpaired) electrons. The number of anilines is 1. The number of hydrogen-bond donors (Lipinski definition) is 0. The van der Waals surface area contributed by atoms with Gasteiger partial charge in [0.1, 0.15) is 11.5 Å². The van der Waals surface area contributed by atoms with E-state index in [-0.39, 0.29) is 29.1 Å². The molecule has 0 aromatic heterocycles.